The molecule has 6 heteroatoms. The number of aromatic nitrogens is 1. The molecule has 0 amide bonds. The van der Waals surface area contributed by atoms with E-state index in [0.29, 0.717) is 22.3 Å². The number of rotatable bonds is 4. The van der Waals surface area contributed by atoms with Crippen LogP contribution in [0.25, 0.3) is 11.3 Å². The van der Waals surface area contributed by atoms with Gasteiger partial charge in [0, 0.05) is 23.0 Å². The second-order valence-corrected chi connectivity index (χ2v) is 4.36. The number of methoxy groups -OCH3 is 1. The molecule has 0 unspecified atom stereocenters. The molecule has 1 heterocycles. The third-order valence-corrected chi connectivity index (χ3v) is 3.18. The lowest BCUT2D eigenvalue weighted by atomic mass is 10.1. The summed E-state index contributed by atoms with van der Waals surface area (Å²) < 4.78 is 5.25. The minimum atomic E-state index is -0.426. The van der Waals surface area contributed by atoms with Crippen LogP contribution in [0.4, 0.5) is 5.69 Å². The van der Waals surface area contributed by atoms with Crippen LogP contribution in [0.2, 0.25) is 0 Å². The van der Waals surface area contributed by atoms with Gasteiger partial charge < -0.3 is 4.74 Å². The normalized spacial score (nSPS) is 10.2. The number of non-ortho nitro benzene ring substituents is 1. The number of nitro benzene ring substituents is 1. The summed E-state index contributed by atoms with van der Waals surface area (Å²) in [5, 5.41) is 11.4. The fourth-order valence-electron chi connectivity index (χ4n) is 1.70. The first-order chi connectivity index (χ1) is 9.15. The van der Waals surface area contributed by atoms with Gasteiger partial charge in [-0.05, 0) is 12.1 Å². The van der Waals surface area contributed by atoms with Crippen LogP contribution in [0.1, 0.15) is 5.69 Å². The Labute approximate surface area is 118 Å². The number of nitrogens with zero attached hydrogens (tertiary/aromatic N) is 2. The van der Waals surface area contributed by atoms with Gasteiger partial charge in [0.1, 0.15) is 11.4 Å². The molecule has 2 aromatic rings. The fourth-order valence-corrected chi connectivity index (χ4v) is 2.01. The monoisotopic (exact) mass is 322 g/mol. The van der Waals surface area contributed by atoms with Crippen molar-refractivity contribution >= 4 is 21.6 Å². The van der Waals surface area contributed by atoms with Crippen molar-refractivity contribution in [3.05, 3.63) is 52.2 Å². The van der Waals surface area contributed by atoms with Crippen LogP contribution in [0, 0.1) is 10.1 Å². The number of hydrogen-bond donors (Lipinski definition) is 0. The molecule has 19 heavy (non-hydrogen) atoms. The molecule has 0 saturated carbocycles. The Kier molecular flexibility index (Phi) is 4.11. The molecule has 0 atom stereocenters. The van der Waals surface area contributed by atoms with Crippen molar-refractivity contribution in [1.29, 1.82) is 0 Å². The first kappa shape index (κ1) is 13.5. The summed E-state index contributed by atoms with van der Waals surface area (Å²) in [5.74, 6) is 0.588. The highest BCUT2D eigenvalue weighted by atomic mass is 79.9. The molecule has 0 bridgehead atoms. The van der Waals surface area contributed by atoms with E-state index in [1.165, 1.54) is 12.1 Å². The number of nitro groups is 1. The van der Waals surface area contributed by atoms with E-state index in [1.54, 1.807) is 25.3 Å². The molecule has 2 rings (SSSR count). The third-order valence-electron chi connectivity index (χ3n) is 2.60. The predicted molar refractivity (Wildman–Crippen MR) is 75.5 cm³/mol. The summed E-state index contributed by atoms with van der Waals surface area (Å²) in [4.78, 5) is 14.8. The standard InChI is InChI=1S/C13H11BrN2O3/c1-19-12-6-5-10(8-14)15-13(12)9-3-2-4-11(7-9)16(17)18/h2-7H,8H2,1H3. The van der Waals surface area contributed by atoms with Crippen molar-refractivity contribution in [1.82, 2.24) is 4.98 Å². The van der Waals surface area contributed by atoms with E-state index < -0.39 is 4.92 Å². The molecule has 5 nitrogen and oxygen atoms in total. The number of alkyl halides is 1. The van der Waals surface area contributed by atoms with Gasteiger partial charge in [-0.25, -0.2) is 4.98 Å². The molecule has 0 aliphatic heterocycles. The molecular weight excluding hydrogens is 312 g/mol. The van der Waals surface area contributed by atoms with Gasteiger partial charge in [-0.15, -0.1) is 0 Å². The highest BCUT2D eigenvalue weighted by Crippen LogP contribution is 2.30. The largest absolute Gasteiger partial charge is 0.494 e. The average molecular weight is 323 g/mol. The first-order valence-electron chi connectivity index (χ1n) is 5.50. The maximum Gasteiger partial charge on any atom is 0.270 e. The summed E-state index contributed by atoms with van der Waals surface area (Å²) in [7, 11) is 1.55. The van der Waals surface area contributed by atoms with Crippen LogP contribution in [0.15, 0.2) is 36.4 Å². The van der Waals surface area contributed by atoms with Gasteiger partial charge in [0.05, 0.1) is 17.7 Å². The molecule has 0 spiro atoms. The first-order valence-corrected chi connectivity index (χ1v) is 6.62. The highest BCUT2D eigenvalue weighted by molar-refractivity contribution is 9.08. The Hall–Kier alpha value is -1.95. The van der Waals surface area contributed by atoms with Crippen molar-refractivity contribution < 1.29 is 9.66 Å². The maximum atomic E-state index is 10.8. The maximum absolute atomic E-state index is 10.8. The Morgan fingerprint density at radius 2 is 2.16 bits per heavy atom. The van der Waals surface area contributed by atoms with E-state index in [9.17, 15) is 10.1 Å². The van der Waals surface area contributed by atoms with Crippen LogP contribution >= 0.6 is 15.9 Å². The van der Waals surface area contributed by atoms with Gasteiger partial charge in [0.15, 0.2) is 0 Å². The molecule has 0 radical (unpaired) electrons. The van der Waals surface area contributed by atoms with Gasteiger partial charge in [-0.1, -0.05) is 28.1 Å². The Morgan fingerprint density at radius 1 is 1.37 bits per heavy atom. The molecule has 0 saturated heterocycles. The lowest BCUT2D eigenvalue weighted by molar-refractivity contribution is -0.384. The van der Waals surface area contributed by atoms with E-state index in [1.807, 2.05) is 6.07 Å². The molecule has 0 fully saturated rings. The van der Waals surface area contributed by atoms with Crippen molar-refractivity contribution in [2.24, 2.45) is 0 Å². The van der Waals surface area contributed by atoms with E-state index in [4.69, 9.17) is 4.74 Å². The van der Waals surface area contributed by atoms with E-state index in [2.05, 4.69) is 20.9 Å². The topological polar surface area (TPSA) is 65.3 Å². The average Bonchev–Trinajstić information content (AvgIpc) is 2.46. The second kappa shape index (κ2) is 5.79. The Morgan fingerprint density at radius 3 is 2.79 bits per heavy atom. The Bertz CT molecular complexity index is 617. The summed E-state index contributed by atoms with van der Waals surface area (Å²) in [5.41, 5.74) is 2.13. The number of ether oxygens (including phenoxy) is 1. The lowest BCUT2D eigenvalue weighted by Crippen LogP contribution is -1.95. The zero-order chi connectivity index (χ0) is 13.8. The van der Waals surface area contributed by atoms with Gasteiger partial charge >= 0.3 is 0 Å². The minimum absolute atomic E-state index is 0.0330. The molecule has 1 aromatic carbocycles. The molecule has 1 aromatic heterocycles. The van der Waals surface area contributed by atoms with Crippen LogP contribution < -0.4 is 4.74 Å². The lowest BCUT2D eigenvalue weighted by Gasteiger charge is -2.09. The van der Waals surface area contributed by atoms with Crippen LogP contribution in [0.5, 0.6) is 5.75 Å². The number of benzene rings is 1. The number of hydrogen-bond acceptors (Lipinski definition) is 4. The Balaban J connectivity index is 2.56. The van der Waals surface area contributed by atoms with Crippen molar-refractivity contribution in [3.8, 4) is 17.0 Å². The molecule has 0 aliphatic carbocycles. The molecule has 0 N–H and O–H groups in total. The van der Waals surface area contributed by atoms with Crippen LogP contribution in [0.3, 0.4) is 0 Å². The SMILES string of the molecule is COc1ccc(CBr)nc1-c1cccc([N+](=O)[O-])c1. The molecule has 98 valence electrons. The second-order valence-electron chi connectivity index (χ2n) is 3.79. The summed E-state index contributed by atoms with van der Waals surface area (Å²) in [6.45, 7) is 0. The quantitative estimate of drug-likeness (QED) is 0.490. The zero-order valence-corrected chi connectivity index (χ0v) is 11.8. The summed E-state index contributed by atoms with van der Waals surface area (Å²) >= 11 is 3.34. The van der Waals surface area contributed by atoms with Gasteiger partial charge in [-0.3, -0.25) is 10.1 Å². The summed E-state index contributed by atoms with van der Waals surface area (Å²) in [6.07, 6.45) is 0. The fraction of sp³-hybridized carbons (Fsp3) is 0.154. The predicted octanol–water partition coefficient (Wildman–Crippen LogP) is 3.56. The number of halogens is 1. The van der Waals surface area contributed by atoms with Crippen molar-refractivity contribution in [2.45, 2.75) is 5.33 Å². The molecule has 0 aliphatic rings. The van der Waals surface area contributed by atoms with E-state index in [0.717, 1.165) is 5.69 Å². The van der Waals surface area contributed by atoms with Crippen LogP contribution in [-0.2, 0) is 5.33 Å². The smallest absolute Gasteiger partial charge is 0.270 e. The van der Waals surface area contributed by atoms with Crippen LogP contribution in [-0.4, -0.2) is 17.0 Å². The van der Waals surface area contributed by atoms with E-state index >= 15 is 0 Å². The highest BCUT2D eigenvalue weighted by Gasteiger charge is 2.12. The number of pyridine rings is 1. The minimum Gasteiger partial charge on any atom is -0.494 e. The zero-order valence-electron chi connectivity index (χ0n) is 10.2. The molecular formula is C13H11BrN2O3. The van der Waals surface area contributed by atoms with Gasteiger partial charge in [-0.2, -0.15) is 0 Å². The van der Waals surface area contributed by atoms with Crippen molar-refractivity contribution in [2.75, 3.05) is 7.11 Å². The summed E-state index contributed by atoms with van der Waals surface area (Å²) in [6, 6.07) is 9.99. The van der Waals surface area contributed by atoms with E-state index in [-0.39, 0.29) is 5.69 Å². The van der Waals surface area contributed by atoms with Crippen molar-refractivity contribution in [3.63, 3.8) is 0 Å². The third kappa shape index (κ3) is 2.90. The van der Waals surface area contributed by atoms with Gasteiger partial charge in [0.2, 0.25) is 0 Å². The van der Waals surface area contributed by atoms with Gasteiger partial charge in [0.25, 0.3) is 5.69 Å².